The third-order valence-electron chi connectivity index (χ3n) is 5.13. The lowest BCUT2D eigenvalue weighted by atomic mass is 9.95. The van der Waals surface area contributed by atoms with Gasteiger partial charge in [0.2, 0.25) is 11.7 Å². The van der Waals surface area contributed by atoms with Crippen LogP contribution in [0.5, 0.6) is 0 Å². The Morgan fingerprint density at radius 3 is 2.83 bits per heavy atom. The summed E-state index contributed by atoms with van der Waals surface area (Å²) >= 11 is 1.30. The molecule has 2 aliphatic rings. The summed E-state index contributed by atoms with van der Waals surface area (Å²) in [6, 6.07) is 8.35. The molecule has 1 aromatic heterocycles. The van der Waals surface area contributed by atoms with Gasteiger partial charge in [0.15, 0.2) is 0 Å². The van der Waals surface area contributed by atoms with Crippen LogP contribution in [0.15, 0.2) is 34.0 Å². The van der Waals surface area contributed by atoms with Crippen LogP contribution in [0.1, 0.15) is 31.2 Å². The normalized spacial score (nSPS) is 25.1. The van der Waals surface area contributed by atoms with Gasteiger partial charge in [0, 0.05) is 11.6 Å². The molecular formula is C18H21N3O2S. The molecule has 24 heavy (non-hydrogen) atoms. The highest BCUT2D eigenvalue weighted by atomic mass is 32.2. The van der Waals surface area contributed by atoms with E-state index in [0.717, 1.165) is 17.9 Å². The lowest BCUT2D eigenvalue weighted by Crippen LogP contribution is -2.39. The van der Waals surface area contributed by atoms with Crippen molar-refractivity contribution in [2.45, 2.75) is 43.9 Å². The summed E-state index contributed by atoms with van der Waals surface area (Å²) in [5, 5.41) is 7.60. The van der Waals surface area contributed by atoms with E-state index in [4.69, 9.17) is 4.52 Å². The van der Waals surface area contributed by atoms with Crippen molar-refractivity contribution < 1.29 is 9.32 Å². The third kappa shape index (κ3) is 3.34. The summed E-state index contributed by atoms with van der Waals surface area (Å²) < 4.78 is 5.24. The van der Waals surface area contributed by atoms with Gasteiger partial charge in [-0.2, -0.15) is 4.98 Å². The van der Waals surface area contributed by atoms with Gasteiger partial charge in [-0.05, 0) is 38.0 Å². The summed E-state index contributed by atoms with van der Waals surface area (Å²) in [6.45, 7) is 2.04. The molecule has 2 aliphatic carbocycles. The number of amides is 1. The molecule has 6 heteroatoms. The van der Waals surface area contributed by atoms with Gasteiger partial charge < -0.3 is 9.84 Å². The number of fused-ring (bicyclic) bond motifs is 2. The van der Waals surface area contributed by atoms with Crippen LogP contribution in [0.2, 0.25) is 0 Å². The first kappa shape index (κ1) is 15.7. The molecule has 126 valence electrons. The lowest BCUT2D eigenvalue weighted by molar-refractivity contribution is -0.119. The highest BCUT2D eigenvalue weighted by molar-refractivity contribution is 7.99. The molecule has 1 heterocycles. The molecular weight excluding hydrogens is 322 g/mol. The van der Waals surface area contributed by atoms with E-state index >= 15 is 0 Å². The predicted molar refractivity (Wildman–Crippen MR) is 92.6 cm³/mol. The first-order chi connectivity index (χ1) is 11.7. The van der Waals surface area contributed by atoms with Crippen LogP contribution >= 0.6 is 11.8 Å². The largest absolute Gasteiger partial charge is 0.352 e. The summed E-state index contributed by atoms with van der Waals surface area (Å²) in [5.41, 5.74) is 2.11. The quantitative estimate of drug-likeness (QED) is 0.842. The number of thioether (sulfide) groups is 1. The zero-order chi connectivity index (χ0) is 16.5. The predicted octanol–water partition coefficient (Wildman–Crippen LogP) is 3.44. The molecule has 2 bridgehead atoms. The van der Waals surface area contributed by atoms with E-state index in [1.165, 1.54) is 36.6 Å². The maximum atomic E-state index is 12.1. The fourth-order valence-corrected chi connectivity index (χ4v) is 4.46. The molecule has 2 aromatic rings. The van der Waals surface area contributed by atoms with E-state index in [1.54, 1.807) is 0 Å². The third-order valence-corrected chi connectivity index (χ3v) is 5.95. The zero-order valence-electron chi connectivity index (χ0n) is 13.7. The first-order valence-corrected chi connectivity index (χ1v) is 9.49. The summed E-state index contributed by atoms with van der Waals surface area (Å²) in [6.07, 6.45) is 5.06. The molecule has 0 spiro atoms. The Labute approximate surface area is 145 Å². The number of nitrogens with one attached hydrogen (secondary N) is 1. The van der Waals surface area contributed by atoms with E-state index in [0.29, 0.717) is 28.8 Å². The number of hydrogen-bond acceptors (Lipinski definition) is 5. The molecule has 3 atom stereocenters. The first-order valence-electron chi connectivity index (χ1n) is 8.50. The molecule has 2 fully saturated rings. The van der Waals surface area contributed by atoms with Crippen molar-refractivity contribution in [3.8, 4) is 11.4 Å². The standard InChI is InChI=1S/C18H21N3O2S/c1-11-2-5-13(6-3-11)17-20-18(23-21-17)24-10-16(22)19-15-9-12-4-7-14(15)8-12/h2-3,5-6,12,14-15H,4,7-10H2,1H3,(H,19,22)/t12-,14-,15+/m1/s1. The molecule has 0 radical (unpaired) electrons. The van der Waals surface area contributed by atoms with Crippen molar-refractivity contribution in [2.24, 2.45) is 11.8 Å². The molecule has 2 saturated carbocycles. The maximum Gasteiger partial charge on any atom is 0.286 e. The van der Waals surface area contributed by atoms with Crippen molar-refractivity contribution in [1.29, 1.82) is 0 Å². The fourth-order valence-electron chi connectivity index (χ4n) is 3.89. The Bertz CT molecular complexity index is 728. The highest BCUT2D eigenvalue weighted by Gasteiger charge is 2.40. The van der Waals surface area contributed by atoms with Gasteiger partial charge in [-0.3, -0.25) is 4.79 Å². The van der Waals surface area contributed by atoms with Gasteiger partial charge in [0.1, 0.15) is 0 Å². The summed E-state index contributed by atoms with van der Waals surface area (Å²) in [7, 11) is 0. The minimum Gasteiger partial charge on any atom is -0.352 e. The average Bonchev–Trinajstić information content (AvgIpc) is 3.30. The van der Waals surface area contributed by atoms with Crippen molar-refractivity contribution in [3.05, 3.63) is 29.8 Å². The number of hydrogen-bond donors (Lipinski definition) is 1. The second-order valence-corrected chi connectivity index (χ2v) is 7.81. The Hall–Kier alpha value is -1.82. The van der Waals surface area contributed by atoms with Gasteiger partial charge in [-0.1, -0.05) is 53.2 Å². The number of nitrogens with zero attached hydrogens (tertiary/aromatic N) is 2. The van der Waals surface area contributed by atoms with Crippen molar-refractivity contribution in [3.63, 3.8) is 0 Å². The van der Waals surface area contributed by atoms with Crippen LogP contribution in [0.3, 0.4) is 0 Å². The molecule has 0 unspecified atom stereocenters. The Balaban J connectivity index is 1.30. The van der Waals surface area contributed by atoms with Crippen LogP contribution in [0, 0.1) is 18.8 Å². The Morgan fingerprint density at radius 1 is 1.29 bits per heavy atom. The van der Waals surface area contributed by atoms with Crippen LogP contribution in [-0.2, 0) is 4.79 Å². The van der Waals surface area contributed by atoms with Gasteiger partial charge in [0.25, 0.3) is 5.22 Å². The van der Waals surface area contributed by atoms with E-state index < -0.39 is 0 Å². The van der Waals surface area contributed by atoms with E-state index in [-0.39, 0.29) is 5.91 Å². The smallest absolute Gasteiger partial charge is 0.286 e. The number of carbonyl (C=O) groups excluding carboxylic acids is 1. The van der Waals surface area contributed by atoms with E-state index in [9.17, 15) is 4.79 Å². The summed E-state index contributed by atoms with van der Waals surface area (Å²) in [4.78, 5) is 16.5. The zero-order valence-corrected chi connectivity index (χ0v) is 14.5. The molecule has 1 amide bonds. The molecule has 1 aromatic carbocycles. The highest BCUT2D eigenvalue weighted by Crippen LogP contribution is 2.44. The molecule has 5 nitrogen and oxygen atoms in total. The van der Waals surface area contributed by atoms with Gasteiger partial charge in [-0.25, -0.2) is 0 Å². The maximum absolute atomic E-state index is 12.1. The van der Waals surface area contributed by atoms with Crippen LogP contribution in [0.4, 0.5) is 0 Å². The minimum absolute atomic E-state index is 0.0626. The van der Waals surface area contributed by atoms with Gasteiger partial charge in [-0.15, -0.1) is 0 Å². The second kappa shape index (κ2) is 6.59. The number of carbonyl (C=O) groups is 1. The van der Waals surface area contributed by atoms with Crippen LogP contribution < -0.4 is 5.32 Å². The van der Waals surface area contributed by atoms with Crippen LogP contribution in [0.25, 0.3) is 11.4 Å². The molecule has 0 saturated heterocycles. The van der Waals surface area contributed by atoms with E-state index in [1.807, 2.05) is 31.2 Å². The van der Waals surface area contributed by atoms with Crippen molar-refractivity contribution in [2.75, 3.05) is 5.75 Å². The average molecular weight is 343 g/mol. The van der Waals surface area contributed by atoms with E-state index in [2.05, 4.69) is 15.5 Å². The number of aryl methyl sites for hydroxylation is 1. The molecule has 0 aliphatic heterocycles. The molecule has 4 rings (SSSR count). The fraction of sp³-hybridized carbons (Fsp3) is 0.500. The Kier molecular flexibility index (Phi) is 4.31. The van der Waals surface area contributed by atoms with Crippen molar-refractivity contribution >= 4 is 17.7 Å². The van der Waals surface area contributed by atoms with Crippen LogP contribution in [-0.4, -0.2) is 27.8 Å². The second-order valence-electron chi connectivity index (χ2n) is 6.89. The lowest BCUT2D eigenvalue weighted by Gasteiger charge is -2.22. The monoisotopic (exact) mass is 343 g/mol. The number of benzene rings is 1. The number of aromatic nitrogens is 2. The SMILES string of the molecule is Cc1ccc(-c2noc(SCC(=O)N[C@H]3C[C@@H]4CC[C@@H]3C4)n2)cc1. The van der Waals surface area contributed by atoms with Crippen molar-refractivity contribution in [1.82, 2.24) is 15.5 Å². The summed E-state index contributed by atoms with van der Waals surface area (Å²) in [5.74, 6) is 2.48. The minimum atomic E-state index is 0.0626. The molecule has 1 N–H and O–H groups in total. The topological polar surface area (TPSA) is 68.0 Å². The Morgan fingerprint density at radius 2 is 2.12 bits per heavy atom. The number of rotatable bonds is 5. The van der Waals surface area contributed by atoms with Gasteiger partial charge >= 0.3 is 0 Å². The van der Waals surface area contributed by atoms with Gasteiger partial charge in [0.05, 0.1) is 5.75 Å².